The number of aromatic amines is 1. The van der Waals surface area contributed by atoms with Crippen LogP contribution in [0.2, 0.25) is 0 Å². The number of anilines is 1. The number of hydrogen-bond acceptors (Lipinski definition) is 6. The van der Waals surface area contributed by atoms with E-state index in [-0.39, 0.29) is 11.2 Å². The lowest BCUT2D eigenvalue weighted by atomic mass is 10.1. The molecule has 8 heteroatoms. The topological polar surface area (TPSA) is 101 Å². The summed E-state index contributed by atoms with van der Waals surface area (Å²) in [6, 6.07) is 16.5. The maximum atomic E-state index is 12.5. The zero-order valence-corrected chi connectivity index (χ0v) is 16.2. The van der Waals surface area contributed by atoms with E-state index < -0.39 is 4.92 Å². The number of rotatable bonds is 5. The van der Waals surface area contributed by atoms with Crippen LogP contribution in [0, 0.1) is 10.1 Å². The average Bonchev–Trinajstić information content (AvgIpc) is 3.17. The number of thiophene rings is 1. The molecule has 0 aliphatic carbocycles. The second-order valence-corrected chi connectivity index (χ2v) is 7.29. The lowest BCUT2D eigenvalue weighted by molar-refractivity contribution is -0.383. The smallest absolute Gasteiger partial charge is 0.292 e. The van der Waals surface area contributed by atoms with E-state index in [0.29, 0.717) is 27.3 Å². The van der Waals surface area contributed by atoms with Gasteiger partial charge in [-0.2, -0.15) is 0 Å². The molecule has 144 valence electrons. The van der Waals surface area contributed by atoms with E-state index in [0.717, 1.165) is 10.4 Å². The normalized spacial score (nSPS) is 11.2. The van der Waals surface area contributed by atoms with Gasteiger partial charge in [0.1, 0.15) is 16.3 Å². The van der Waals surface area contributed by atoms with Gasteiger partial charge in [0.2, 0.25) is 0 Å². The number of aromatic nitrogens is 2. The van der Waals surface area contributed by atoms with Crippen LogP contribution in [-0.2, 0) is 0 Å². The van der Waals surface area contributed by atoms with Crippen LogP contribution in [0.15, 0.2) is 59.4 Å². The highest BCUT2D eigenvalue weighted by atomic mass is 32.1. The van der Waals surface area contributed by atoms with Gasteiger partial charge >= 0.3 is 0 Å². The maximum Gasteiger partial charge on any atom is 0.292 e. The second-order valence-electron chi connectivity index (χ2n) is 6.26. The monoisotopic (exact) mass is 404 g/mol. The highest BCUT2D eigenvalue weighted by Gasteiger charge is 2.13. The van der Waals surface area contributed by atoms with Crippen LogP contribution in [0.4, 0.5) is 11.4 Å². The summed E-state index contributed by atoms with van der Waals surface area (Å²) in [6.07, 6.45) is 3.32. The van der Waals surface area contributed by atoms with Gasteiger partial charge in [-0.05, 0) is 29.3 Å². The Morgan fingerprint density at radius 2 is 1.93 bits per heavy atom. The van der Waals surface area contributed by atoms with Crippen LogP contribution < -0.4 is 10.9 Å². The summed E-state index contributed by atoms with van der Waals surface area (Å²) in [5, 5.41) is 14.5. The standard InChI is InChI=1S/C21H16N4O3S/c1-22-16-9-7-13(11-17(16)25(27)28)8-10-19-23-20(26)15-12-18(29-21(15)24-19)14-5-3-2-4-6-14/h2-12,22H,1H3,(H,23,24,26). The first-order valence-electron chi connectivity index (χ1n) is 8.79. The van der Waals surface area contributed by atoms with E-state index >= 15 is 0 Å². The van der Waals surface area contributed by atoms with Crippen LogP contribution in [0.25, 0.3) is 32.8 Å². The van der Waals surface area contributed by atoms with Gasteiger partial charge in [0, 0.05) is 18.0 Å². The number of nitrogens with zero attached hydrogens (tertiary/aromatic N) is 2. The predicted octanol–water partition coefficient (Wildman–Crippen LogP) is 4.77. The molecule has 0 amide bonds. The van der Waals surface area contributed by atoms with E-state index in [9.17, 15) is 14.9 Å². The van der Waals surface area contributed by atoms with E-state index in [2.05, 4.69) is 15.3 Å². The second kappa shape index (κ2) is 7.69. The average molecular weight is 404 g/mol. The third-order valence-electron chi connectivity index (χ3n) is 4.40. The van der Waals surface area contributed by atoms with Gasteiger partial charge < -0.3 is 10.3 Å². The summed E-state index contributed by atoms with van der Waals surface area (Å²) in [4.78, 5) is 32.1. The maximum absolute atomic E-state index is 12.5. The van der Waals surface area contributed by atoms with Gasteiger partial charge in [0.25, 0.3) is 11.2 Å². The number of nitro groups is 1. The lowest BCUT2D eigenvalue weighted by Gasteiger charge is -2.02. The number of nitro benzene ring substituents is 1. The van der Waals surface area contributed by atoms with Crippen LogP contribution in [0.3, 0.4) is 0 Å². The molecule has 0 saturated carbocycles. The van der Waals surface area contributed by atoms with E-state index in [4.69, 9.17) is 0 Å². The summed E-state index contributed by atoms with van der Waals surface area (Å²) >= 11 is 1.45. The third-order valence-corrected chi connectivity index (χ3v) is 5.48. The minimum Gasteiger partial charge on any atom is -0.383 e. The Kier molecular flexibility index (Phi) is 4.92. The van der Waals surface area contributed by atoms with Gasteiger partial charge in [-0.1, -0.05) is 42.5 Å². The van der Waals surface area contributed by atoms with Crippen LogP contribution in [0.5, 0.6) is 0 Å². The number of H-pyrrole nitrogens is 1. The summed E-state index contributed by atoms with van der Waals surface area (Å²) in [6.45, 7) is 0. The van der Waals surface area contributed by atoms with Crippen molar-refractivity contribution in [3.63, 3.8) is 0 Å². The number of hydrogen-bond donors (Lipinski definition) is 2. The van der Waals surface area contributed by atoms with Crippen molar-refractivity contribution >= 4 is 45.1 Å². The molecule has 0 bridgehead atoms. The number of fused-ring (bicyclic) bond motifs is 1. The molecule has 2 heterocycles. The zero-order valence-electron chi connectivity index (χ0n) is 15.4. The van der Waals surface area contributed by atoms with Crippen LogP contribution in [-0.4, -0.2) is 21.9 Å². The zero-order chi connectivity index (χ0) is 20.4. The Hall–Kier alpha value is -3.78. The Bertz CT molecular complexity index is 1290. The van der Waals surface area contributed by atoms with Gasteiger partial charge in [-0.25, -0.2) is 4.98 Å². The molecule has 0 aliphatic rings. The molecule has 4 aromatic rings. The van der Waals surface area contributed by atoms with Gasteiger partial charge in [0.05, 0.1) is 10.3 Å². The molecule has 29 heavy (non-hydrogen) atoms. The first-order chi connectivity index (χ1) is 14.0. The molecule has 0 radical (unpaired) electrons. The van der Waals surface area contributed by atoms with Crippen molar-refractivity contribution < 1.29 is 4.92 Å². The first-order valence-corrected chi connectivity index (χ1v) is 9.60. The Morgan fingerprint density at radius 1 is 1.14 bits per heavy atom. The SMILES string of the molecule is CNc1ccc(C=Cc2nc3sc(-c4ccccc4)cc3c(=O)[nH]2)cc1[N+](=O)[O-]. The summed E-state index contributed by atoms with van der Waals surface area (Å²) < 4.78 is 0. The minimum absolute atomic E-state index is 0.0164. The van der Waals surface area contributed by atoms with Crippen molar-refractivity contribution in [2.45, 2.75) is 0 Å². The highest BCUT2D eigenvalue weighted by molar-refractivity contribution is 7.21. The fourth-order valence-corrected chi connectivity index (χ4v) is 4.01. The fraction of sp³-hybridized carbons (Fsp3) is 0.0476. The first kappa shape index (κ1) is 18.6. The van der Waals surface area contributed by atoms with Crippen molar-refractivity contribution in [2.24, 2.45) is 0 Å². The molecular weight excluding hydrogens is 388 g/mol. The van der Waals surface area contributed by atoms with E-state index in [1.165, 1.54) is 17.4 Å². The summed E-state index contributed by atoms with van der Waals surface area (Å²) in [7, 11) is 1.63. The van der Waals surface area contributed by atoms with Crippen molar-refractivity contribution in [1.82, 2.24) is 9.97 Å². The molecule has 2 aromatic carbocycles. The molecule has 7 nitrogen and oxygen atoms in total. The van der Waals surface area contributed by atoms with Crippen molar-refractivity contribution in [3.8, 4) is 10.4 Å². The van der Waals surface area contributed by atoms with E-state index in [1.807, 2.05) is 36.4 Å². The van der Waals surface area contributed by atoms with Crippen LogP contribution >= 0.6 is 11.3 Å². The van der Waals surface area contributed by atoms with Crippen molar-refractivity contribution in [1.29, 1.82) is 0 Å². The van der Waals surface area contributed by atoms with Gasteiger partial charge in [0.15, 0.2) is 0 Å². The molecule has 0 atom stereocenters. The highest BCUT2D eigenvalue weighted by Crippen LogP contribution is 2.31. The van der Waals surface area contributed by atoms with Crippen LogP contribution in [0.1, 0.15) is 11.4 Å². The number of benzene rings is 2. The molecule has 0 saturated heterocycles. The number of nitrogens with one attached hydrogen (secondary N) is 2. The quantitative estimate of drug-likeness (QED) is 0.368. The summed E-state index contributed by atoms with van der Waals surface area (Å²) in [5.74, 6) is 0.393. The summed E-state index contributed by atoms with van der Waals surface area (Å²) in [5.41, 5.74) is 1.87. The van der Waals surface area contributed by atoms with Crippen molar-refractivity contribution in [2.75, 3.05) is 12.4 Å². The molecule has 0 unspecified atom stereocenters. The molecule has 2 N–H and O–H groups in total. The third kappa shape index (κ3) is 3.78. The van der Waals surface area contributed by atoms with Gasteiger partial charge in [-0.3, -0.25) is 14.9 Å². The largest absolute Gasteiger partial charge is 0.383 e. The minimum atomic E-state index is -0.438. The Labute approximate surface area is 169 Å². The Balaban J connectivity index is 1.69. The molecule has 2 aromatic heterocycles. The predicted molar refractivity (Wildman–Crippen MR) is 117 cm³/mol. The van der Waals surface area contributed by atoms with Crippen molar-refractivity contribution in [3.05, 3.63) is 86.5 Å². The van der Waals surface area contributed by atoms with E-state index in [1.54, 1.807) is 31.3 Å². The molecule has 0 aliphatic heterocycles. The molecule has 4 rings (SSSR count). The molecule has 0 spiro atoms. The fourth-order valence-electron chi connectivity index (χ4n) is 2.96. The van der Waals surface area contributed by atoms with Gasteiger partial charge in [-0.15, -0.1) is 11.3 Å². The Morgan fingerprint density at radius 3 is 2.66 bits per heavy atom. The lowest BCUT2D eigenvalue weighted by Crippen LogP contribution is -2.07. The molecule has 0 fully saturated rings. The molecular formula is C21H16N4O3S.